The molecule has 200 valence electrons. The molecule has 3 heteroatoms. The first kappa shape index (κ1) is 23.2. The summed E-state index contributed by atoms with van der Waals surface area (Å²) < 4.78 is 7.60. The smallest absolute Gasteiger partial charge is 0.0640 e. The van der Waals surface area contributed by atoms with Gasteiger partial charge in [-0.15, -0.1) is 11.3 Å². The molecule has 0 amide bonds. The van der Waals surface area contributed by atoms with Crippen LogP contribution in [0.15, 0.2) is 146 Å². The van der Waals surface area contributed by atoms with Gasteiger partial charge in [-0.2, -0.15) is 0 Å². The Hall–Kier alpha value is -5.38. The average molecular weight is 565 g/mol. The fourth-order valence-electron chi connectivity index (χ4n) is 7.35. The summed E-state index contributed by atoms with van der Waals surface area (Å²) in [7, 11) is 0. The summed E-state index contributed by atoms with van der Waals surface area (Å²) in [5.41, 5.74) is 7.37. The van der Waals surface area contributed by atoms with E-state index in [0.717, 1.165) is 0 Å². The van der Waals surface area contributed by atoms with E-state index in [-0.39, 0.29) is 0 Å². The molecule has 2 nitrogen and oxygen atoms in total. The van der Waals surface area contributed by atoms with Crippen LogP contribution >= 0.6 is 11.3 Å². The number of hydrogen-bond donors (Lipinski definition) is 0. The van der Waals surface area contributed by atoms with E-state index in [1.165, 1.54) is 85.9 Å². The highest BCUT2D eigenvalue weighted by molar-refractivity contribution is 7.26. The van der Waals surface area contributed by atoms with Crippen molar-refractivity contribution >= 4 is 85.9 Å². The lowest BCUT2D eigenvalue weighted by Crippen LogP contribution is -1.96. The summed E-state index contributed by atoms with van der Waals surface area (Å²) in [6.45, 7) is 0. The van der Waals surface area contributed by atoms with Crippen molar-refractivity contribution in [2.45, 2.75) is 0 Å². The van der Waals surface area contributed by atoms with Gasteiger partial charge in [0.05, 0.1) is 38.1 Å². The summed E-state index contributed by atoms with van der Waals surface area (Å²) in [6.07, 6.45) is 0. The van der Waals surface area contributed by atoms with Crippen LogP contribution < -0.4 is 0 Å². The molecule has 7 aromatic carbocycles. The van der Waals surface area contributed by atoms with E-state index >= 15 is 0 Å². The quantitative estimate of drug-likeness (QED) is 0.198. The average Bonchev–Trinajstić information content (AvgIpc) is 3.72. The molecular formula is C40H24N2S. The molecule has 10 aromatic rings. The highest BCUT2D eigenvalue weighted by atomic mass is 32.1. The number of benzene rings is 7. The lowest BCUT2D eigenvalue weighted by molar-refractivity contribution is 1.19. The molecule has 0 saturated heterocycles. The third-order valence-corrected chi connectivity index (χ3v) is 10.3. The molecule has 0 saturated carbocycles. The van der Waals surface area contributed by atoms with Gasteiger partial charge in [-0.05, 0) is 47.9 Å². The Morgan fingerprint density at radius 3 is 1.60 bits per heavy atom. The lowest BCUT2D eigenvalue weighted by atomic mass is 10.1. The number of thiophene rings is 1. The van der Waals surface area contributed by atoms with Crippen LogP contribution in [0, 0.1) is 0 Å². The first-order valence-corrected chi connectivity index (χ1v) is 15.5. The minimum atomic E-state index is 1.21. The number of rotatable bonds is 2. The lowest BCUT2D eigenvalue weighted by Gasteiger charge is -2.12. The second-order valence-corrected chi connectivity index (χ2v) is 12.4. The van der Waals surface area contributed by atoms with Gasteiger partial charge in [0.1, 0.15) is 0 Å². The summed E-state index contributed by atoms with van der Waals surface area (Å²) >= 11 is 1.89. The Balaban J connectivity index is 1.39. The first-order valence-electron chi connectivity index (χ1n) is 14.7. The number of para-hydroxylation sites is 2. The van der Waals surface area contributed by atoms with E-state index in [1.54, 1.807) is 0 Å². The fraction of sp³-hybridized carbons (Fsp3) is 0. The molecule has 43 heavy (non-hydrogen) atoms. The number of nitrogens with zero attached hydrogens (tertiary/aromatic N) is 2. The van der Waals surface area contributed by atoms with E-state index < -0.39 is 0 Å². The monoisotopic (exact) mass is 564 g/mol. The minimum absolute atomic E-state index is 1.21. The van der Waals surface area contributed by atoms with Crippen LogP contribution in [0.3, 0.4) is 0 Å². The van der Waals surface area contributed by atoms with Crippen LogP contribution in [-0.4, -0.2) is 9.13 Å². The number of aromatic nitrogens is 2. The maximum Gasteiger partial charge on any atom is 0.0640 e. The minimum Gasteiger partial charge on any atom is -0.309 e. The molecule has 3 heterocycles. The van der Waals surface area contributed by atoms with Crippen molar-refractivity contribution in [2.75, 3.05) is 0 Å². The highest BCUT2D eigenvalue weighted by Gasteiger charge is 2.22. The summed E-state index contributed by atoms with van der Waals surface area (Å²) in [4.78, 5) is 0. The van der Waals surface area contributed by atoms with E-state index in [4.69, 9.17) is 0 Å². The Morgan fingerprint density at radius 2 is 0.860 bits per heavy atom. The second-order valence-electron chi connectivity index (χ2n) is 11.3. The molecule has 0 aliphatic carbocycles. The van der Waals surface area contributed by atoms with Gasteiger partial charge >= 0.3 is 0 Å². The zero-order valence-electron chi connectivity index (χ0n) is 23.2. The molecule has 3 aromatic heterocycles. The third-order valence-electron chi connectivity index (χ3n) is 9.10. The Bertz CT molecular complexity index is 2730. The standard InChI is InChI=1S/C40H24N2S/c1-2-13-26-25(11-1)12-9-20-31(26)41-32-18-6-3-15-29(32)38-34(41)23-24-35-39(38)30-16-4-7-19-33(30)42(35)36-21-10-17-28-27-14-5-8-22-37(27)43-40(28)36/h1-24H. The van der Waals surface area contributed by atoms with Gasteiger partial charge in [0.2, 0.25) is 0 Å². The molecule has 0 radical (unpaired) electrons. The highest BCUT2D eigenvalue weighted by Crippen LogP contribution is 2.45. The Morgan fingerprint density at radius 1 is 0.349 bits per heavy atom. The van der Waals surface area contributed by atoms with Crippen LogP contribution in [0.1, 0.15) is 0 Å². The SMILES string of the molecule is c1ccc2c(-n3c4ccccc4c4c5c6ccccc6n(-c6cccc7c6sc6ccccc67)c5ccc43)cccc2c1. The molecule has 0 fully saturated rings. The first-order chi connectivity index (χ1) is 21.4. The second kappa shape index (κ2) is 8.57. The van der Waals surface area contributed by atoms with E-state index in [9.17, 15) is 0 Å². The van der Waals surface area contributed by atoms with Crippen molar-refractivity contribution in [1.82, 2.24) is 9.13 Å². The summed E-state index contributed by atoms with van der Waals surface area (Å²) in [5, 5.41) is 10.3. The number of fused-ring (bicyclic) bond motifs is 11. The molecular weight excluding hydrogens is 541 g/mol. The van der Waals surface area contributed by atoms with Crippen LogP contribution in [0.25, 0.3) is 85.9 Å². The molecule has 0 spiro atoms. The maximum atomic E-state index is 2.49. The van der Waals surface area contributed by atoms with Gasteiger partial charge < -0.3 is 9.13 Å². The van der Waals surface area contributed by atoms with Gasteiger partial charge in [0.25, 0.3) is 0 Å². The van der Waals surface area contributed by atoms with Gasteiger partial charge in [-0.3, -0.25) is 0 Å². The predicted octanol–water partition coefficient (Wildman–Crippen LogP) is 11.4. The van der Waals surface area contributed by atoms with Crippen molar-refractivity contribution in [3.8, 4) is 11.4 Å². The van der Waals surface area contributed by atoms with Crippen molar-refractivity contribution < 1.29 is 0 Å². The maximum absolute atomic E-state index is 2.49. The molecule has 0 bridgehead atoms. The van der Waals surface area contributed by atoms with E-state index in [2.05, 4.69) is 155 Å². The fourth-order valence-corrected chi connectivity index (χ4v) is 8.56. The van der Waals surface area contributed by atoms with Crippen molar-refractivity contribution in [2.24, 2.45) is 0 Å². The Labute approximate surface area is 251 Å². The predicted molar refractivity (Wildman–Crippen MR) is 186 cm³/mol. The van der Waals surface area contributed by atoms with Crippen molar-refractivity contribution in [3.05, 3.63) is 146 Å². The molecule has 0 aliphatic rings. The topological polar surface area (TPSA) is 9.86 Å². The van der Waals surface area contributed by atoms with E-state index in [0.29, 0.717) is 0 Å². The summed E-state index contributed by atoms with van der Waals surface area (Å²) in [6, 6.07) is 53.3. The van der Waals surface area contributed by atoms with Gasteiger partial charge in [-0.25, -0.2) is 0 Å². The zero-order valence-corrected chi connectivity index (χ0v) is 24.0. The van der Waals surface area contributed by atoms with Crippen LogP contribution in [0.4, 0.5) is 0 Å². The van der Waals surface area contributed by atoms with Crippen molar-refractivity contribution in [1.29, 1.82) is 0 Å². The zero-order chi connectivity index (χ0) is 28.1. The van der Waals surface area contributed by atoms with Crippen LogP contribution in [0.5, 0.6) is 0 Å². The van der Waals surface area contributed by atoms with Gasteiger partial charge in [-0.1, -0.05) is 103 Å². The largest absolute Gasteiger partial charge is 0.309 e. The number of hydrogen-bond acceptors (Lipinski definition) is 1. The third kappa shape index (κ3) is 3.07. The van der Waals surface area contributed by atoms with E-state index in [1.807, 2.05) is 11.3 Å². The summed E-state index contributed by atoms with van der Waals surface area (Å²) in [5.74, 6) is 0. The molecule has 0 N–H and O–H groups in total. The molecule has 0 atom stereocenters. The normalized spacial score (nSPS) is 12.2. The molecule has 10 rings (SSSR count). The van der Waals surface area contributed by atoms with Gasteiger partial charge in [0.15, 0.2) is 0 Å². The van der Waals surface area contributed by atoms with Crippen LogP contribution in [-0.2, 0) is 0 Å². The molecule has 0 aliphatic heterocycles. The van der Waals surface area contributed by atoms with Gasteiger partial charge in [0, 0.05) is 42.4 Å². The Kier molecular flexibility index (Phi) is 4.63. The van der Waals surface area contributed by atoms with Crippen molar-refractivity contribution in [3.63, 3.8) is 0 Å². The molecule has 0 unspecified atom stereocenters. The van der Waals surface area contributed by atoms with Crippen LogP contribution in [0.2, 0.25) is 0 Å².